The highest BCUT2D eigenvalue weighted by Crippen LogP contribution is 2.27. The number of pyridine rings is 1. The molecule has 0 spiro atoms. The summed E-state index contributed by atoms with van der Waals surface area (Å²) in [5, 5.41) is 6.70. The lowest BCUT2D eigenvalue weighted by Gasteiger charge is -2.09. The van der Waals surface area contributed by atoms with E-state index in [2.05, 4.69) is 40.6 Å². The third-order valence-electron chi connectivity index (χ3n) is 3.94. The fourth-order valence-corrected chi connectivity index (χ4v) is 3.32. The van der Waals surface area contributed by atoms with Gasteiger partial charge < -0.3 is 0 Å². The van der Waals surface area contributed by atoms with Gasteiger partial charge in [0.2, 0.25) is 0 Å². The molecule has 0 aliphatic carbocycles. The summed E-state index contributed by atoms with van der Waals surface area (Å²) in [5.74, 6) is 0.777. The standard InChI is InChI=1S/C19H16N4S/c1-2-13-5-6-16-15(12-13)18(14-7-9-20-10-8-14)22-23-19(21-16)17-4-3-11-24-17/h3-12H,2H2,1H3,(H,21,23). The van der Waals surface area contributed by atoms with E-state index in [1.165, 1.54) is 5.56 Å². The van der Waals surface area contributed by atoms with Crippen molar-refractivity contribution in [2.45, 2.75) is 13.3 Å². The van der Waals surface area contributed by atoms with Gasteiger partial charge in [0.25, 0.3) is 0 Å². The number of aryl methyl sites for hydroxylation is 1. The fourth-order valence-electron chi connectivity index (χ4n) is 2.66. The van der Waals surface area contributed by atoms with Gasteiger partial charge in [-0.25, -0.2) is 4.99 Å². The van der Waals surface area contributed by atoms with Gasteiger partial charge in [0.15, 0.2) is 5.84 Å². The molecule has 1 aliphatic heterocycles. The number of benzene rings is 1. The Morgan fingerprint density at radius 1 is 1.08 bits per heavy atom. The first-order chi connectivity index (χ1) is 11.8. The second-order valence-electron chi connectivity index (χ2n) is 5.45. The number of nitrogens with zero attached hydrogens (tertiary/aromatic N) is 3. The monoisotopic (exact) mass is 332 g/mol. The quantitative estimate of drug-likeness (QED) is 0.783. The first-order valence-corrected chi connectivity index (χ1v) is 8.73. The number of rotatable bonds is 3. The molecule has 0 unspecified atom stereocenters. The second kappa shape index (κ2) is 6.37. The van der Waals surface area contributed by atoms with E-state index in [4.69, 9.17) is 4.99 Å². The van der Waals surface area contributed by atoms with Crippen molar-refractivity contribution in [1.29, 1.82) is 0 Å². The molecule has 1 N–H and O–H groups in total. The van der Waals surface area contributed by atoms with Crippen molar-refractivity contribution in [3.05, 3.63) is 81.8 Å². The van der Waals surface area contributed by atoms with Gasteiger partial charge in [-0.1, -0.05) is 19.1 Å². The minimum absolute atomic E-state index is 0.777. The van der Waals surface area contributed by atoms with Crippen molar-refractivity contribution in [3.8, 4) is 0 Å². The van der Waals surface area contributed by atoms with E-state index in [9.17, 15) is 0 Å². The Kier molecular flexibility index (Phi) is 3.92. The van der Waals surface area contributed by atoms with Crippen LogP contribution in [-0.2, 0) is 6.42 Å². The SMILES string of the molecule is CCc1ccc2c(c1)C(c1ccncc1)=NNC(c1cccs1)=N2. The summed E-state index contributed by atoms with van der Waals surface area (Å²) in [5.41, 5.74) is 8.29. The predicted molar refractivity (Wildman–Crippen MR) is 99.3 cm³/mol. The number of hydrogen-bond donors (Lipinski definition) is 1. The summed E-state index contributed by atoms with van der Waals surface area (Å²) in [4.78, 5) is 9.99. The van der Waals surface area contributed by atoms with Crippen LogP contribution in [0.3, 0.4) is 0 Å². The van der Waals surface area contributed by atoms with E-state index in [0.29, 0.717) is 0 Å². The van der Waals surface area contributed by atoms with Gasteiger partial charge in [-0.05, 0) is 47.7 Å². The van der Waals surface area contributed by atoms with Crippen LogP contribution in [0.1, 0.15) is 28.5 Å². The predicted octanol–water partition coefficient (Wildman–Crippen LogP) is 4.14. The van der Waals surface area contributed by atoms with E-state index in [0.717, 1.165) is 39.7 Å². The lowest BCUT2D eigenvalue weighted by molar-refractivity contribution is 1.03. The van der Waals surface area contributed by atoms with E-state index in [1.807, 2.05) is 29.6 Å². The maximum Gasteiger partial charge on any atom is 0.164 e. The van der Waals surface area contributed by atoms with E-state index >= 15 is 0 Å². The highest BCUT2D eigenvalue weighted by atomic mass is 32.1. The molecule has 4 rings (SSSR count). The molecule has 4 nitrogen and oxygen atoms in total. The van der Waals surface area contributed by atoms with Crippen LogP contribution >= 0.6 is 11.3 Å². The largest absolute Gasteiger partial charge is 0.265 e. The third-order valence-corrected chi connectivity index (χ3v) is 4.82. The van der Waals surface area contributed by atoms with Gasteiger partial charge in [-0.2, -0.15) is 5.10 Å². The molecule has 3 aromatic rings. The Balaban J connectivity index is 1.89. The molecule has 0 radical (unpaired) electrons. The Hall–Kier alpha value is -2.79. The van der Waals surface area contributed by atoms with Gasteiger partial charge in [-0.3, -0.25) is 10.4 Å². The maximum atomic E-state index is 4.82. The van der Waals surface area contributed by atoms with Crippen molar-refractivity contribution in [2.24, 2.45) is 10.1 Å². The van der Waals surface area contributed by atoms with Crippen LogP contribution in [0.2, 0.25) is 0 Å². The zero-order valence-electron chi connectivity index (χ0n) is 13.2. The number of aliphatic imine (C=N–C) groups is 1. The van der Waals surface area contributed by atoms with Gasteiger partial charge in [-0.15, -0.1) is 11.3 Å². The molecule has 2 aromatic heterocycles. The van der Waals surface area contributed by atoms with Crippen LogP contribution in [0.25, 0.3) is 0 Å². The lowest BCUT2D eigenvalue weighted by atomic mass is 9.98. The lowest BCUT2D eigenvalue weighted by Crippen LogP contribution is -2.18. The highest BCUT2D eigenvalue weighted by Gasteiger charge is 2.17. The van der Waals surface area contributed by atoms with Crippen molar-refractivity contribution >= 4 is 28.6 Å². The summed E-state index contributed by atoms with van der Waals surface area (Å²) >= 11 is 1.65. The van der Waals surface area contributed by atoms with Crippen LogP contribution in [-0.4, -0.2) is 16.5 Å². The normalized spacial score (nSPS) is 13.4. The Bertz CT molecular complexity index is 912. The smallest absolute Gasteiger partial charge is 0.164 e. The minimum Gasteiger partial charge on any atom is -0.265 e. The van der Waals surface area contributed by atoms with Gasteiger partial charge in [0, 0.05) is 23.5 Å². The molecule has 1 aliphatic rings. The molecule has 0 amide bonds. The Morgan fingerprint density at radius 3 is 2.71 bits per heavy atom. The average molecular weight is 332 g/mol. The number of amidine groups is 1. The van der Waals surface area contributed by atoms with Crippen molar-refractivity contribution in [1.82, 2.24) is 10.4 Å². The van der Waals surface area contributed by atoms with Crippen molar-refractivity contribution < 1.29 is 0 Å². The van der Waals surface area contributed by atoms with Crippen LogP contribution in [0.5, 0.6) is 0 Å². The maximum absolute atomic E-state index is 4.82. The molecule has 24 heavy (non-hydrogen) atoms. The average Bonchev–Trinajstić information content (AvgIpc) is 3.10. The molecule has 3 heterocycles. The number of nitrogens with one attached hydrogen (secondary N) is 1. The molecule has 0 bridgehead atoms. The number of thiophene rings is 1. The molecule has 118 valence electrons. The van der Waals surface area contributed by atoms with Gasteiger partial charge in [0.05, 0.1) is 10.6 Å². The topological polar surface area (TPSA) is 49.6 Å². The van der Waals surface area contributed by atoms with Crippen LogP contribution in [0.4, 0.5) is 5.69 Å². The summed E-state index contributed by atoms with van der Waals surface area (Å²) in [6.07, 6.45) is 4.55. The highest BCUT2D eigenvalue weighted by molar-refractivity contribution is 7.12. The van der Waals surface area contributed by atoms with Crippen molar-refractivity contribution in [2.75, 3.05) is 0 Å². The summed E-state index contributed by atoms with van der Waals surface area (Å²) in [6.45, 7) is 2.15. The van der Waals surface area contributed by atoms with Crippen molar-refractivity contribution in [3.63, 3.8) is 0 Å². The first kappa shape index (κ1) is 14.8. The first-order valence-electron chi connectivity index (χ1n) is 7.85. The number of hydrazone groups is 1. The van der Waals surface area contributed by atoms with Crippen LogP contribution in [0.15, 0.2) is 70.3 Å². The molecular weight excluding hydrogens is 316 g/mol. The molecule has 0 saturated carbocycles. The summed E-state index contributed by atoms with van der Waals surface area (Å²) in [7, 11) is 0. The van der Waals surface area contributed by atoms with Crippen LogP contribution < -0.4 is 5.43 Å². The second-order valence-corrected chi connectivity index (χ2v) is 6.40. The summed E-state index contributed by atoms with van der Waals surface area (Å²) in [6, 6.07) is 14.4. The molecule has 0 atom stereocenters. The Morgan fingerprint density at radius 2 is 1.96 bits per heavy atom. The molecule has 1 aromatic carbocycles. The van der Waals surface area contributed by atoms with E-state index in [1.54, 1.807) is 23.7 Å². The number of hydrogen-bond acceptors (Lipinski definition) is 5. The van der Waals surface area contributed by atoms with E-state index in [-0.39, 0.29) is 0 Å². The van der Waals surface area contributed by atoms with Crippen LogP contribution in [0, 0.1) is 0 Å². The third kappa shape index (κ3) is 2.74. The zero-order valence-corrected chi connectivity index (χ0v) is 14.0. The van der Waals surface area contributed by atoms with Gasteiger partial charge >= 0.3 is 0 Å². The minimum atomic E-state index is 0.777. The number of aromatic nitrogens is 1. The molecular formula is C19H16N4S. The number of fused-ring (bicyclic) bond motifs is 1. The van der Waals surface area contributed by atoms with E-state index < -0.39 is 0 Å². The molecule has 0 saturated heterocycles. The molecule has 5 heteroatoms. The van der Waals surface area contributed by atoms with Gasteiger partial charge in [0.1, 0.15) is 5.71 Å². The summed E-state index contributed by atoms with van der Waals surface area (Å²) < 4.78 is 0. The zero-order chi connectivity index (χ0) is 16.4. The molecule has 0 fully saturated rings. The Labute approximate surface area is 144 Å². The fraction of sp³-hybridized carbons (Fsp3) is 0.105.